The molecule has 8 heteroatoms. The molecule has 144 valence electrons. The summed E-state index contributed by atoms with van der Waals surface area (Å²) in [6, 6.07) is 6.52. The number of nitrogens with zero attached hydrogens (tertiary/aromatic N) is 2. The molecule has 6 nitrogen and oxygen atoms in total. The van der Waals surface area contributed by atoms with Gasteiger partial charge in [0.25, 0.3) is 0 Å². The molecule has 0 unspecified atom stereocenters. The van der Waals surface area contributed by atoms with E-state index < -0.39 is 10.0 Å². The first-order valence-corrected chi connectivity index (χ1v) is 10.7. The normalized spacial score (nSPS) is 26.7. The summed E-state index contributed by atoms with van der Waals surface area (Å²) in [5, 5.41) is 0.228. The lowest BCUT2D eigenvalue weighted by Gasteiger charge is -2.43. The number of sulfonamides is 1. The van der Waals surface area contributed by atoms with Crippen LogP contribution in [0.5, 0.6) is 0 Å². The standard InChI is InChI=1S/C18H25ClN2O4S/c1-3-25-13-18-8-9-20(14(2)22)10-15(18)11-21(12-18)26(23,24)17-7-5-4-6-16(17)19/h4-7,15H,3,8-13H2,1-2H3/t15-,18+/m1/s1. The molecule has 0 aromatic heterocycles. The third kappa shape index (κ3) is 3.50. The van der Waals surface area contributed by atoms with Crippen LogP contribution in [0.15, 0.2) is 29.2 Å². The predicted molar refractivity (Wildman–Crippen MR) is 99.5 cm³/mol. The van der Waals surface area contributed by atoms with Gasteiger partial charge in [-0.15, -0.1) is 0 Å². The maximum atomic E-state index is 13.2. The average Bonchev–Trinajstić information content (AvgIpc) is 3.00. The Balaban J connectivity index is 1.90. The number of hydrogen-bond donors (Lipinski definition) is 0. The van der Waals surface area contributed by atoms with E-state index in [-0.39, 0.29) is 27.2 Å². The van der Waals surface area contributed by atoms with Gasteiger partial charge in [-0.1, -0.05) is 23.7 Å². The molecule has 2 fully saturated rings. The summed E-state index contributed by atoms with van der Waals surface area (Å²) in [6.45, 7) is 6.57. The second-order valence-electron chi connectivity index (χ2n) is 7.14. The molecule has 0 radical (unpaired) electrons. The van der Waals surface area contributed by atoms with E-state index in [9.17, 15) is 13.2 Å². The summed E-state index contributed by atoms with van der Waals surface area (Å²) in [5.41, 5.74) is -0.254. The first kappa shape index (κ1) is 19.6. The number of rotatable bonds is 5. The highest BCUT2D eigenvalue weighted by atomic mass is 35.5. The number of hydrogen-bond acceptors (Lipinski definition) is 4. The van der Waals surface area contributed by atoms with Gasteiger partial charge in [0.1, 0.15) is 4.90 Å². The summed E-state index contributed by atoms with van der Waals surface area (Å²) >= 11 is 6.14. The van der Waals surface area contributed by atoms with Crippen molar-refractivity contribution in [3.63, 3.8) is 0 Å². The number of likely N-dealkylation sites (tertiary alicyclic amines) is 1. The molecule has 2 aliphatic heterocycles. The highest BCUT2D eigenvalue weighted by molar-refractivity contribution is 7.89. The Bertz CT molecular complexity index is 785. The third-order valence-corrected chi connectivity index (χ3v) is 7.91. The van der Waals surface area contributed by atoms with Crippen molar-refractivity contribution in [2.75, 3.05) is 39.4 Å². The molecule has 0 spiro atoms. The van der Waals surface area contributed by atoms with Gasteiger partial charge in [-0.25, -0.2) is 8.42 Å². The van der Waals surface area contributed by atoms with Crippen LogP contribution in [0.2, 0.25) is 5.02 Å². The molecule has 2 heterocycles. The van der Waals surface area contributed by atoms with Crippen molar-refractivity contribution >= 4 is 27.5 Å². The van der Waals surface area contributed by atoms with E-state index in [1.807, 2.05) is 6.92 Å². The fraction of sp³-hybridized carbons (Fsp3) is 0.611. The zero-order valence-electron chi connectivity index (χ0n) is 15.2. The van der Waals surface area contributed by atoms with Gasteiger partial charge in [-0.05, 0) is 31.4 Å². The van der Waals surface area contributed by atoms with Crippen LogP contribution in [-0.4, -0.2) is 62.9 Å². The molecule has 2 atom stereocenters. The van der Waals surface area contributed by atoms with Gasteiger partial charge in [0.05, 0.1) is 11.6 Å². The van der Waals surface area contributed by atoms with Crippen LogP contribution in [0.1, 0.15) is 20.3 Å². The Labute approximate surface area is 160 Å². The van der Waals surface area contributed by atoms with Crippen molar-refractivity contribution in [2.45, 2.75) is 25.2 Å². The van der Waals surface area contributed by atoms with Gasteiger partial charge in [-0.2, -0.15) is 4.31 Å². The lowest BCUT2D eigenvalue weighted by Crippen LogP contribution is -2.50. The summed E-state index contributed by atoms with van der Waals surface area (Å²) in [5.74, 6) is 0.0892. The molecule has 2 saturated heterocycles. The van der Waals surface area contributed by atoms with Crippen molar-refractivity contribution in [1.82, 2.24) is 9.21 Å². The van der Waals surface area contributed by atoms with Gasteiger partial charge in [0.15, 0.2) is 0 Å². The van der Waals surface area contributed by atoms with Crippen molar-refractivity contribution in [1.29, 1.82) is 0 Å². The number of fused-ring (bicyclic) bond motifs is 1. The number of amides is 1. The number of benzene rings is 1. The number of piperidine rings is 1. The Hall–Kier alpha value is -1.15. The smallest absolute Gasteiger partial charge is 0.244 e. The van der Waals surface area contributed by atoms with E-state index >= 15 is 0 Å². The summed E-state index contributed by atoms with van der Waals surface area (Å²) < 4.78 is 33.5. The van der Waals surface area contributed by atoms with Gasteiger partial charge < -0.3 is 9.64 Å². The van der Waals surface area contributed by atoms with Crippen LogP contribution in [0, 0.1) is 11.3 Å². The van der Waals surface area contributed by atoms with Crippen molar-refractivity contribution in [3.05, 3.63) is 29.3 Å². The van der Waals surface area contributed by atoms with E-state index in [4.69, 9.17) is 16.3 Å². The molecule has 0 saturated carbocycles. The number of carbonyl (C=O) groups excluding carboxylic acids is 1. The highest BCUT2D eigenvalue weighted by Gasteiger charge is 2.53. The first-order valence-electron chi connectivity index (χ1n) is 8.88. The van der Waals surface area contributed by atoms with E-state index in [1.54, 1.807) is 30.0 Å². The number of ether oxygens (including phenoxy) is 1. The Morgan fingerprint density at radius 1 is 1.35 bits per heavy atom. The van der Waals surface area contributed by atoms with E-state index in [1.165, 1.54) is 10.4 Å². The quantitative estimate of drug-likeness (QED) is 0.760. The zero-order chi connectivity index (χ0) is 18.9. The molecule has 1 aromatic carbocycles. The summed E-state index contributed by atoms with van der Waals surface area (Å²) in [6.07, 6.45) is 0.742. The van der Waals surface area contributed by atoms with Crippen LogP contribution in [0.4, 0.5) is 0 Å². The summed E-state index contributed by atoms with van der Waals surface area (Å²) in [4.78, 5) is 13.7. The minimum absolute atomic E-state index is 0.0300. The fourth-order valence-corrected chi connectivity index (χ4v) is 6.11. The van der Waals surface area contributed by atoms with Gasteiger partial charge in [-0.3, -0.25) is 4.79 Å². The lowest BCUT2D eigenvalue weighted by molar-refractivity contribution is -0.133. The molecule has 2 aliphatic rings. The Morgan fingerprint density at radius 2 is 2.08 bits per heavy atom. The van der Waals surface area contributed by atoms with Crippen LogP contribution in [-0.2, 0) is 19.6 Å². The van der Waals surface area contributed by atoms with E-state index in [2.05, 4.69) is 0 Å². The molecular weight excluding hydrogens is 376 g/mol. The predicted octanol–water partition coefficient (Wildman–Crippen LogP) is 2.24. The average molecular weight is 401 g/mol. The monoisotopic (exact) mass is 400 g/mol. The maximum Gasteiger partial charge on any atom is 0.244 e. The molecule has 1 aromatic rings. The van der Waals surface area contributed by atoms with E-state index in [0.29, 0.717) is 39.4 Å². The Kier molecular flexibility index (Phi) is 5.63. The molecule has 1 amide bonds. The van der Waals surface area contributed by atoms with Gasteiger partial charge in [0, 0.05) is 45.1 Å². The topological polar surface area (TPSA) is 66.9 Å². The lowest BCUT2D eigenvalue weighted by atomic mass is 9.73. The second-order valence-corrected chi connectivity index (χ2v) is 9.45. The van der Waals surface area contributed by atoms with Crippen LogP contribution in [0.3, 0.4) is 0 Å². The second kappa shape index (κ2) is 7.46. The van der Waals surface area contributed by atoms with Crippen molar-refractivity contribution in [3.8, 4) is 0 Å². The van der Waals surface area contributed by atoms with Crippen LogP contribution >= 0.6 is 11.6 Å². The third-order valence-electron chi connectivity index (χ3n) is 5.60. The minimum atomic E-state index is -3.69. The van der Waals surface area contributed by atoms with Crippen molar-refractivity contribution in [2.24, 2.45) is 11.3 Å². The highest BCUT2D eigenvalue weighted by Crippen LogP contribution is 2.45. The molecule has 0 bridgehead atoms. The van der Waals surface area contributed by atoms with Crippen molar-refractivity contribution < 1.29 is 17.9 Å². The maximum absolute atomic E-state index is 13.2. The van der Waals surface area contributed by atoms with Crippen LogP contribution < -0.4 is 0 Å². The first-order chi connectivity index (χ1) is 12.3. The van der Waals surface area contributed by atoms with Gasteiger partial charge in [0.2, 0.25) is 15.9 Å². The van der Waals surface area contributed by atoms with E-state index in [0.717, 1.165) is 6.42 Å². The number of halogens is 1. The fourth-order valence-electron chi connectivity index (χ4n) is 4.04. The number of carbonyl (C=O) groups is 1. The summed E-state index contributed by atoms with van der Waals surface area (Å²) in [7, 11) is -3.69. The SMILES string of the molecule is CCOC[C@@]12CCN(C(C)=O)C[C@@H]1CN(S(=O)(=O)c1ccccc1Cl)C2. The molecule has 0 aliphatic carbocycles. The Morgan fingerprint density at radius 3 is 2.73 bits per heavy atom. The largest absolute Gasteiger partial charge is 0.381 e. The molecule has 26 heavy (non-hydrogen) atoms. The molecule has 0 N–H and O–H groups in total. The molecule has 3 rings (SSSR count). The minimum Gasteiger partial charge on any atom is -0.381 e. The van der Waals surface area contributed by atoms with Crippen LogP contribution in [0.25, 0.3) is 0 Å². The zero-order valence-corrected chi connectivity index (χ0v) is 16.7. The molecular formula is C18H25ClN2O4S. The van der Waals surface area contributed by atoms with Gasteiger partial charge >= 0.3 is 0 Å².